The summed E-state index contributed by atoms with van der Waals surface area (Å²) in [6.45, 7) is 11.5. The Morgan fingerprint density at radius 2 is 1.83 bits per heavy atom. The highest BCUT2D eigenvalue weighted by atomic mass is 32.2. The van der Waals surface area contributed by atoms with Crippen molar-refractivity contribution in [2.45, 2.75) is 57.9 Å². The molecule has 1 spiro atoms. The van der Waals surface area contributed by atoms with Gasteiger partial charge in [0.2, 0.25) is 5.91 Å². The van der Waals surface area contributed by atoms with Crippen LogP contribution in [0.2, 0.25) is 0 Å². The van der Waals surface area contributed by atoms with E-state index in [9.17, 15) is 13.2 Å². The molecule has 3 aliphatic rings. The molecule has 8 nitrogen and oxygen atoms in total. The molecule has 9 heteroatoms. The quantitative estimate of drug-likeness (QED) is 0.563. The van der Waals surface area contributed by atoms with E-state index in [1.807, 2.05) is 18.7 Å². The lowest BCUT2D eigenvalue weighted by Gasteiger charge is -2.41. The lowest BCUT2D eigenvalue weighted by molar-refractivity contribution is -0.138. The van der Waals surface area contributed by atoms with Crippen molar-refractivity contribution < 1.29 is 13.2 Å². The van der Waals surface area contributed by atoms with Crippen molar-refractivity contribution in [3.63, 3.8) is 0 Å². The molecule has 1 aliphatic carbocycles. The number of nitrogens with one attached hydrogen (secondary N) is 3. The number of hydrogen-bond donors (Lipinski definition) is 3. The van der Waals surface area contributed by atoms with Crippen molar-refractivity contribution >= 4 is 16.1 Å². The summed E-state index contributed by atoms with van der Waals surface area (Å²) in [6.07, 6.45) is 5.42. The molecule has 0 aromatic carbocycles. The highest BCUT2D eigenvalue weighted by Gasteiger charge is 2.40. The molecule has 2 aliphatic heterocycles. The van der Waals surface area contributed by atoms with Gasteiger partial charge in [-0.05, 0) is 44.4 Å². The standard InChI is InChI=1S/C20H37N5O3S/c1-4-25(5-2)29(27,28)22-14-17-6-8-18(9-7-17)19(26)24-12-10-20(11-13-24)15-21-16(3)23-20/h17-18,21-23H,3-15H2,1-2H3/t17-,18-. The van der Waals surface area contributed by atoms with Gasteiger partial charge in [-0.2, -0.15) is 12.7 Å². The molecule has 0 unspecified atom stereocenters. The third kappa shape index (κ3) is 5.24. The van der Waals surface area contributed by atoms with Gasteiger partial charge < -0.3 is 15.5 Å². The maximum absolute atomic E-state index is 13.0. The van der Waals surface area contributed by atoms with Gasteiger partial charge in [-0.1, -0.05) is 20.4 Å². The van der Waals surface area contributed by atoms with E-state index < -0.39 is 10.2 Å². The monoisotopic (exact) mass is 427 g/mol. The van der Waals surface area contributed by atoms with E-state index in [0.717, 1.165) is 64.0 Å². The molecule has 1 amide bonds. The van der Waals surface area contributed by atoms with Gasteiger partial charge in [-0.15, -0.1) is 0 Å². The number of likely N-dealkylation sites (tertiary alicyclic amines) is 1. The first-order valence-electron chi connectivity index (χ1n) is 11.0. The Kier molecular flexibility index (Phi) is 7.11. The zero-order valence-corrected chi connectivity index (χ0v) is 18.7. The number of rotatable bonds is 7. The summed E-state index contributed by atoms with van der Waals surface area (Å²) in [6, 6.07) is 0. The van der Waals surface area contributed by atoms with Crippen LogP contribution in [0.15, 0.2) is 12.4 Å². The normalized spacial score (nSPS) is 27.1. The van der Waals surface area contributed by atoms with Crippen LogP contribution in [0.1, 0.15) is 52.4 Å². The zero-order chi connectivity index (χ0) is 21.1. The van der Waals surface area contributed by atoms with E-state index in [1.165, 1.54) is 4.31 Å². The lowest BCUT2D eigenvalue weighted by Crippen LogP contribution is -2.54. The smallest absolute Gasteiger partial charge is 0.279 e. The van der Waals surface area contributed by atoms with Crippen molar-refractivity contribution in [2.24, 2.45) is 11.8 Å². The Hall–Kier alpha value is -1.32. The van der Waals surface area contributed by atoms with E-state index in [-0.39, 0.29) is 17.4 Å². The first-order valence-corrected chi connectivity index (χ1v) is 12.5. The van der Waals surface area contributed by atoms with Crippen LogP contribution in [0.3, 0.4) is 0 Å². The van der Waals surface area contributed by atoms with Crippen molar-refractivity contribution in [1.29, 1.82) is 0 Å². The average Bonchev–Trinajstić information content (AvgIpc) is 3.07. The molecule has 29 heavy (non-hydrogen) atoms. The number of carbonyl (C=O) groups is 1. The van der Waals surface area contributed by atoms with E-state index in [1.54, 1.807) is 0 Å². The molecule has 0 bridgehead atoms. The van der Waals surface area contributed by atoms with E-state index in [2.05, 4.69) is 21.9 Å². The first-order chi connectivity index (χ1) is 13.8. The second-order valence-electron chi connectivity index (χ2n) is 8.72. The molecule has 3 fully saturated rings. The van der Waals surface area contributed by atoms with Crippen LogP contribution in [0.25, 0.3) is 0 Å². The van der Waals surface area contributed by atoms with Crippen LogP contribution in [-0.4, -0.2) is 68.3 Å². The van der Waals surface area contributed by atoms with Gasteiger partial charge in [0, 0.05) is 45.2 Å². The summed E-state index contributed by atoms with van der Waals surface area (Å²) in [5.41, 5.74) is 0.0630. The number of hydrogen-bond acceptors (Lipinski definition) is 5. The van der Waals surface area contributed by atoms with Gasteiger partial charge in [-0.25, -0.2) is 4.72 Å². The highest BCUT2D eigenvalue weighted by molar-refractivity contribution is 7.87. The fraction of sp³-hybridized carbons (Fsp3) is 0.850. The second-order valence-corrected chi connectivity index (χ2v) is 10.5. The third-order valence-electron chi connectivity index (χ3n) is 6.88. The summed E-state index contributed by atoms with van der Waals surface area (Å²) in [5, 5.41) is 6.72. The second kappa shape index (κ2) is 9.22. The summed E-state index contributed by atoms with van der Waals surface area (Å²) in [4.78, 5) is 15.0. The molecule has 1 saturated carbocycles. The number of carbonyl (C=O) groups excluding carboxylic acids is 1. The number of amides is 1. The van der Waals surface area contributed by atoms with Crippen LogP contribution < -0.4 is 15.4 Å². The van der Waals surface area contributed by atoms with Crippen molar-refractivity contribution in [1.82, 2.24) is 24.6 Å². The summed E-state index contributed by atoms with van der Waals surface area (Å²) in [7, 11) is -3.39. The summed E-state index contributed by atoms with van der Waals surface area (Å²) < 4.78 is 28.8. The minimum atomic E-state index is -3.39. The fourth-order valence-electron chi connectivity index (χ4n) is 4.89. The minimum absolute atomic E-state index is 0.0630. The highest BCUT2D eigenvalue weighted by Crippen LogP contribution is 2.32. The predicted molar refractivity (Wildman–Crippen MR) is 114 cm³/mol. The van der Waals surface area contributed by atoms with Gasteiger partial charge in [0.1, 0.15) is 0 Å². The van der Waals surface area contributed by atoms with Crippen LogP contribution in [0.4, 0.5) is 0 Å². The van der Waals surface area contributed by atoms with Crippen LogP contribution in [0.5, 0.6) is 0 Å². The molecule has 2 saturated heterocycles. The molecule has 0 radical (unpaired) electrons. The number of nitrogens with zero attached hydrogens (tertiary/aromatic N) is 2. The van der Waals surface area contributed by atoms with E-state index >= 15 is 0 Å². The van der Waals surface area contributed by atoms with Crippen molar-refractivity contribution in [3.05, 3.63) is 12.4 Å². The average molecular weight is 428 g/mol. The van der Waals surface area contributed by atoms with Crippen LogP contribution in [0, 0.1) is 11.8 Å². The molecular formula is C20H37N5O3S. The molecule has 0 aromatic heterocycles. The Balaban J connectivity index is 1.41. The minimum Gasteiger partial charge on any atom is -0.370 e. The van der Waals surface area contributed by atoms with Crippen molar-refractivity contribution in [2.75, 3.05) is 39.3 Å². The maximum atomic E-state index is 13.0. The molecule has 0 aromatic rings. The fourth-order valence-corrected chi connectivity index (χ4v) is 6.20. The van der Waals surface area contributed by atoms with Gasteiger partial charge in [0.25, 0.3) is 10.2 Å². The van der Waals surface area contributed by atoms with Gasteiger partial charge in [-0.3, -0.25) is 4.79 Å². The van der Waals surface area contributed by atoms with Crippen LogP contribution in [-0.2, 0) is 15.0 Å². The van der Waals surface area contributed by atoms with Crippen LogP contribution >= 0.6 is 0 Å². The molecule has 3 N–H and O–H groups in total. The molecule has 0 atom stereocenters. The first kappa shape index (κ1) is 22.4. The Morgan fingerprint density at radius 3 is 2.34 bits per heavy atom. The zero-order valence-electron chi connectivity index (χ0n) is 17.9. The Bertz CT molecular complexity index is 691. The van der Waals surface area contributed by atoms with E-state index in [0.29, 0.717) is 25.6 Å². The maximum Gasteiger partial charge on any atom is 0.279 e. The number of piperidine rings is 1. The Morgan fingerprint density at radius 1 is 1.21 bits per heavy atom. The lowest BCUT2D eigenvalue weighted by atomic mass is 9.80. The molecular weight excluding hydrogens is 390 g/mol. The van der Waals surface area contributed by atoms with Crippen molar-refractivity contribution in [3.8, 4) is 0 Å². The molecule has 2 heterocycles. The van der Waals surface area contributed by atoms with Gasteiger partial charge in [0.15, 0.2) is 0 Å². The summed E-state index contributed by atoms with van der Waals surface area (Å²) in [5.74, 6) is 1.57. The largest absolute Gasteiger partial charge is 0.370 e. The van der Waals surface area contributed by atoms with E-state index in [4.69, 9.17) is 0 Å². The Labute approximate surface area is 175 Å². The summed E-state index contributed by atoms with van der Waals surface area (Å²) >= 11 is 0. The predicted octanol–water partition coefficient (Wildman–Crippen LogP) is 0.994. The SMILES string of the molecule is C=C1NCC2(CCN(C(=O)[C@H]3CC[C@H](CNS(=O)(=O)N(CC)CC)CC3)CC2)N1. The van der Waals surface area contributed by atoms with Gasteiger partial charge >= 0.3 is 0 Å². The van der Waals surface area contributed by atoms with Gasteiger partial charge in [0.05, 0.1) is 11.4 Å². The molecule has 3 rings (SSSR count). The third-order valence-corrected chi connectivity index (χ3v) is 8.61. The molecule has 166 valence electrons. The topological polar surface area (TPSA) is 93.8 Å².